The molecule has 0 aliphatic rings. The second kappa shape index (κ2) is 7.18. The Kier molecular flexibility index (Phi) is 4.61. The van der Waals surface area contributed by atoms with E-state index in [1.54, 1.807) is 24.3 Å². The summed E-state index contributed by atoms with van der Waals surface area (Å²) in [6, 6.07) is 15.2. The molecule has 2 aromatic carbocycles. The average molecular weight is 335 g/mol. The Hall–Kier alpha value is -3.81. The van der Waals surface area contributed by atoms with Gasteiger partial charge in [0, 0.05) is 5.56 Å². The predicted octanol–water partition coefficient (Wildman–Crippen LogP) is 1.98. The predicted molar refractivity (Wildman–Crippen MR) is 92.7 cm³/mol. The molecule has 3 aromatic rings. The highest BCUT2D eigenvalue weighted by atomic mass is 16.4. The van der Waals surface area contributed by atoms with Crippen molar-refractivity contribution in [3.05, 3.63) is 76.1 Å². The number of carboxylic acid groups (broad SMARTS) is 1. The first kappa shape index (κ1) is 16.1. The molecule has 0 unspecified atom stereocenters. The molecule has 0 radical (unpaired) electrons. The average Bonchev–Trinajstić information content (AvgIpc) is 2.63. The van der Waals surface area contributed by atoms with Crippen LogP contribution in [0, 0.1) is 0 Å². The molecule has 3 N–H and O–H groups in total. The number of rotatable bonds is 5. The molecule has 0 saturated carbocycles. The molecule has 0 aliphatic carbocycles. The van der Waals surface area contributed by atoms with Crippen molar-refractivity contribution in [3.8, 4) is 11.3 Å². The molecule has 0 spiro atoms. The fourth-order valence-electron chi connectivity index (χ4n) is 2.05. The van der Waals surface area contributed by atoms with E-state index in [-0.39, 0.29) is 22.8 Å². The maximum atomic E-state index is 12.1. The topological polar surface area (TPSA) is 120 Å². The molecular weight excluding hydrogens is 322 g/mol. The highest BCUT2D eigenvalue weighted by molar-refractivity contribution is 5.89. The highest BCUT2D eigenvalue weighted by Crippen LogP contribution is 2.10. The Morgan fingerprint density at radius 2 is 1.80 bits per heavy atom. The lowest BCUT2D eigenvalue weighted by Crippen LogP contribution is -2.15. The summed E-state index contributed by atoms with van der Waals surface area (Å²) in [5.74, 6) is -0.893. The quantitative estimate of drug-likeness (QED) is 0.484. The number of carboxylic acids is 1. The number of carbonyl (C=O) groups is 1. The second-order valence-corrected chi connectivity index (χ2v) is 5.01. The number of benzene rings is 2. The summed E-state index contributed by atoms with van der Waals surface area (Å²) in [5.41, 5.74) is 3.96. The van der Waals surface area contributed by atoms with Crippen LogP contribution in [0.5, 0.6) is 0 Å². The number of nitrogens with one attached hydrogen (secondary N) is 2. The Morgan fingerprint density at radius 3 is 2.44 bits per heavy atom. The SMILES string of the molecule is O=C(O)c1ccc(/C=N/Nc2nnc(-c3ccccc3)c(=O)[nH]2)cc1. The van der Waals surface area contributed by atoms with Crippen LogP contribution >= 0.6 is 0 Å². The summed E-state index contributed by atoms with van der Waals surface area (Å²) >= 11 is 0. The Labute approximate surface area is 141 Å². The number of hydrogen-bond acceptors (Lipinski definition) is 6. The third kappa shape index (κ3) is 3.94. The summed E-state index contributed by atoms with van der Waals surface area (Å²) in [6.45, 7) is 0. The van der Waals surface area contributed by atoms with Gasteiger partial charge in [0.1, 0.15) is 0 Å². The number of hydrazone groups is 1. The van der Waals surface area contributed by atoms with Gasteiger partial charge in [-0.25, -0.2) is 10.2 Å². The van der Waals surface area contributed by atoms with E-state index in [0.717, 1.165) is 0 Å². The Bertz CT molecular complexity index is 966. The maximum absolute atomic E-state index is 12.1. The molecule has 0 bridgehead atoms. The zero-order valence-electron chi connectivity index (χ0n) is 12.9. The third-order valence-electron chi connectivity index (χ3n) is 3.29. The van der Waals surface area contributed by atoms with Crippen LogP contribution in [0.2, 0.25) is 0 Å². The van der Waals surface area contributed by atoms with Gasteiger partial charge < -0.3 is 5.11 Å². The van der Waals surface area contributed by atoms with Crippen molar-refractivity contribution in [2.45, 2.75) is 0 Å². The summed E-state index contributed by atoms with van der Waals surface area (Å²) < 4.78 is 0. The van der Waals surface area contributed by atoms with Gasteiger partial charge in [-0.15, -0.1) is 10.2 Å². The largest absolute Gasteiger partial charge is 0.478 e. The zero-order valence-corrected chi connectivity index (χ0v) is 12.9. The van der Waals surface area contributed by atoms with E-state index >= 15 is 0 Å². The normalized spacial score (nSPS) is 10.7. The van der Waals surface area contributed by atoms with Gasteiger partial charge in [-0.3, -0.25) is 9.78 Å². The minimum Gasteiger partial charge on any atom is -0.478 e. The van der Waals surface area contributed by atoms with Crippen LogP contribution < -0.4 is 11.0 Å². The van der Waals surface area contributed by atoms with Crippen molar-refractivity contribution in [1.82, 2.24) is 15.2 Å². The zero-order chi connectivity index (χ0) is 17.6. The third-order valence-corrected chi connectivity index (χ3v) is 3.29. The van der Waals surface area contributed by atoms with Crippen molar-refractivity contribution in [3.63, 3.8) is 0 Å². The fraction of sp³-hybridized carbons (Fsp3) is 0. The first-order valence-electron chi connectivity index (χ1n) is 7.28. The molecule has 0 aliphatic heterocycles. The van der Waals surface area contributed by atoms with Crippen LogP contribution in [0.4, 0.5) is 5.95 Å². The molecule has 8 heteroatoms. The van der Waals surface area contributed by atoms with Gasteiger partial charge in [0.05, 0.1) is 11.8 Å². The molecule has 1 heterocycles. The standard InChI is InChI=1S/C17H13N5O3/c23-15-14(12-4-2-1-3-5-12)20-22-17(19-15)21-18-10-11-6-8-13(9-7-11)16(24)25/h1-10H,(H,24,25)(H2,19,21,22,23)/b18-10+. The maximum Gasteiger partial charge on any atom is 0.335 e. The van der Waals surface area contributed by atoms with E-state index < -0.39 is 5.97 Å². The number of hydrogen-bond donors (Lipinski definition) is 3. The van der Waals surface area contributed by atoms with Crippen molar-refractivity contribution in [2.24, 2.45) is 5.10 Å². The second-order valence-electron chi connectivity index (χ2n) is 5.01. The molecule has 124 valence electrons. The Morgan fingerprint density at radius 1 is 1.08 bits per heavy atom. The van der Waals surface area contributed by atoms with Crippen molar-refractivity contribution >= 4 is 18.1 Å². The molecule has 0 saturated heterocycles. The van der Waals surface area contributed by atoms with Gasteiger partial charge in [-0.1, -0.05) is 42.5 Å². The number of H-pyrrole nitrogens is 1. The van der Waals surface area contributed by atoms with E-state index in [2.05, 4.69) is 25.7 Å². The van der Waals surface area contributed by atoms with Crippen LogP contribution in [0.3, 0.4) is 0 Å². The van der Waals surface area contributed by atoms with Gasteiger partial charge in [0.25, 0.3) is 5.56 Å². The van der Waals surface area contributed by atoms with Crippen LogP contribution in [-0.2, 0) is 0 Å². The highest BCUT2D eigenvalue weighted by Gasteiger charge is 2.06. The molecular formula is C17H13N5O3. The van der Waals surface area contributed by atoms with Crippen LogP contribution in [0.15, 0.2) is 64.5 Å². The summed E-state index contributed by atoms with van der Waals surface area (Å²) in [7, 11) is 0. The van der Waals surface area contributed by atoms with Crippen LogP contribution in [0.25, 0.3) is 11.3 Å². The number of aromatic amines is 1. The van der Waals surface area contributed by atoms with Gasteiger partial charge in [0.2, 0.25) is 5.95 Å². The minimum atomic E-state index is -0.993. The summed E-state index contributed by atoms with van der Waals surface area (Å²) in [6.07, 6.45) is 1.47. The Balaban J connectivity index is 1.70. The molecule has 0 fully saturated rings. The number of aromatic carboxylic acids is 1. The molecule has 3 rings (SSSR count). The van der Waals surface area contributed by atoms with Gasteiger partial charge >= 0.3 is 5.97 Å². The van der Waals surface area contributed by atoms with E-state index in [0.29, 0.717) is 11.1 Å². The van der Waals surface area contributed by atoms with E-state index in [9.17, 15) is 9.59 Å². The molecule has 0 amide bonds. The first-order valence-corrected chi connectivity index (χ1v) is 7.28. The lowest BCUT2D eigenvalue weighted by molar-refractivity contribution is 0.0697. The lowest BCUT2D eigenvalue weighted by atomic mass is 10.1. The van der Waals surface area contributed by atoms with Crippen LogP contribution in [0.1, 0.15) is 15.9 Å². The van der Waals surface area contributed by atoms with Gasteiger partial charge in [-0.2, -0.15) is 5.10 Å². The molecule has 25 heavy (non-hydrogen) atoms. The minimum absolute atomic E-state index is 0.100. The van der Waals surface area contributed by atoms with E-state index in [1.165, 1.54) is 18.3 Å². The summed E-state index contributed by atoms with van der Waals surface area (Å²) in [5, 5.41) is 20.6. The number of aromatic nitrogens is 3. The number of anilines is 1. The number of nitrogens with zero attached hydrogens (tertiary/aromatic N) is 3. The van der Waals surface area contributed by atoms with Crippen molar-refractivity contribution < 1.29 is 9.90 Å². The van der Waals surface area contributed by atoms with Gasteiger partial charge in [-0.05, 0) is 17.7 Å². The lowest BCUT2D eigenvalue weighted by Gasteiger charge is -2.01. The van der Waals surface area contributed by atoms with Crippen molar-refractivity contribution in [1.29, 1.82) is 0 Å². The fourth-order valence-corrected chi connectivity index (χ4v) is 2.05. The van der Waals surface area contributed by atoms with Crippen molar-refractivity contribution in [2.75, 3.05) is 5.43 Å². The molecule has 1 aromatic heterocycles. The summed E-state index contributed by atoms with van der Waals surface area (Å²) in [4.78, 5) is 25.4. The first-order chi connectivity index (χ1) is 12.1. The van der Waals surface area contributed by atoms with Crippen LogP contribution in [-0.4, -0.2) is 32.5 Å². The molecule has 8 nitrogen and oxygen atoms in total. The van der Waals surface area contributed by atoms with E-state index in [1.807, 2.05) is 18.2 Å². The monoisotopic (exact) mass is 335 g/mol. The smallest absolute Gasteiger partial charge is 0.335 e. The van der Waals surface area contributed by atoms with E-state index in [4.69, 9.17) is 5.11 Å². The molecule has 0 atom stereocenters. The van der Waals surface area contributed by atoms with Gasteiger partial charge in [0.15, 0.2) is 5.69 Å².